The zero-order valence-corrected chi connectivity index (χ0v) is 21.7. The number of carbonyl (C=O) groups excluding carboxylic acids is 2. The van der Waals surface area contributed by atoms with Crippen molar-refractivity contribution >= 4 is 11.8 Å². The maximum atomic E-state index is 12.4. The lowest BCUT2D eigenvalue weighted by Gasteiger charge is -2.40. The number of likely N-dealkylation sites (tertiary alicyclic amines) is 1. The highest BCUT2D eigenvalue weighted by Gasteiger charge is 2.42. The Morgan fingerprint density at radius 2 is 1.72 bits per heavy atom. The van der Waals surface area contributed by atoms with E-state index in [1.807, 2.05) is 0 Å². The third kappa shape index (κ3) is 9.51. The number of carbonyl (C=O) groups is 2. The maximum Gasteiger partial charge on any atom is 0.222 e. The molecule has 0 bridgehead atoms. The highest BCUT2D eigenvalue weighted by atomic mass is 16.7. The standard InChI is InChI=1S/C25H46N2O9/c1-17-23(32)24(33)20(16-29)36-25(17)35-12-8-4-5-9-21(30)26-11-7-3-6-10-22(31)27-14-19(34-2)13-18(27)15-28/h17-20,23-25,28-29,32-33H,3-16H2,1-2H3,(H,26,30)/t17?,18-,19+,20?,23+,24-,25+/m0/s1. The minimum atomic E-state index is -1.13. The fourth-order valence-electron chi connectivity index (χ4n) is 4.74. The lowest BCUT2D eigenvalue weighted by Crippen LogP contribution is -2.55. The van der Waals surface area contributed by atoms with Gasteiger partial charge in [0.25, 0.3) is 0 Å². The molecule has 0 aliphatic carbocycles. The summed E-state index contributed by atoms with van der Waals surface area (Å²) in [4.78, 5) is 26.2. The number of methoxy groups -OCH3 is 1. The lowest BCUT2D eigenvalue weighted by molar-refractivity contribution is -0.282. The van der Waals surface area contributed by atoms with E-state index in [0.29, 0.717) is 39.0 Å². The number of ether oxygens (including phenoxy) is 3. The smallest absolute Gasteiger partial charge is 0.222 e. The van der Waals surface area contributed by atoms with Gasteiger partial charge in [-0.25, -0.2) is 0 Å². The number of hydrogen-bond donors (Lipinski definition) is 5. The molecule has 2 amide bonds. The number of unbranched alkanes of at least 4 members (excludes halogenated alkanes) is 4. The molecular weight excluding hydrogens is 472 g/mol. The average molecular weight is 519 g/mol. The summed E-state index contributed by atoms with van der Waals surface area (Å²) in [5.41, 5.74) is 0. The minimum absolute atomic E-state index is 0.00703. The van der Waals surface area contributed by atoms with Gasteiger partial charge in [-0.15, -0.1) is 0 Å². The van der Waals surface area contributed by atoms with Gasteiger partial charge in [-0.1, -0.05) is 19.8 Å². The number of nitrogens with one attached hydrogen (secondary N) is 1. The van der Waals surface area contributed by atoms with Crippen LogP contribution >= 0.6 is 0 Å². The van der Waals surface area contributed by atoms with Crippen molar-refractivity contribution in [2.45, 2.75) is 101 Å². The molecule has 7 atom stereocenters. The predicted octanol–water partition coefficient (Wildman–Crippen LogP) is -0.0767. The fraction of sp³-hybridized carbons (Fsp3) is 0.920. The molecule has 5 N–H and O–H groups in total. The van der Waals surface area contributed by atoms with E-state index < -0.39 is 37.1 Å². The molecule has 2 fully saturated rings. The van der Waals surface area contributed by atoms with Gasteiger partial charge >= 0.3 is 0 Å². The van der Waals surface area contributed by atoms with Gasteiger partial charge in [-0.3, -0.25) is 9.59 Å². The van der Waals surface area contributed by atoms with Crippen molar-refractivity contribution in [2.24, 2.45) is 5.92 Å². The monoisotopic (exact) mass is 518 g/mol. The van der Waals surface area contributed by atoms with E-state index in [0.717, 1.165) is 38.5 Å². The van der Waals surface area contributed by atoms with Crippen molar-refractivity contribution in [1.82, 2.24) is 10.2 Å². The minimum Gasteiger partial charge on any atom is -0.394 e. The van der Waals surface area contributed by atoms with Gasteiger partial charge in [0.2, 0.25) is 11.8 Å². The SMILES string of the molecule is CO[C@@H]1C[C@@H](CO)N(C(=O)CCCCCNC(=O)CCCCCO[C@@H]2OC(CO)[C@H](O)[C@H](O)C2C)C1. The van der Waals surface area contributed by atoms with E-state index in [4.69, 9.17) is 14.2 Å². The van der Waals surface area contributed by atoms with Gasteiger partial charge in [0, 0.05) is 45.6 Å². The van der Waals surface area contributed by atoms with Crippen LogP contribution in [0.25, 0.3) is 0 Å². The van der Waals surface area contributed by atoms with Crippen LogP contribution in [0.15, 0.2) is 0 Å². The van der Waals surface area contributed by atoms with Crippen molar-refractivity contribution in [2.75, 3.05) is 40.0 Å². The van der Waals surface area contributed by atoms with Crippen molar-refractivity contribution < 1.29 is 44.2 Å². The second-order valence-corrected chi connectivity index (χ2v) is 9.88. The third-order valence-corrected chi connectivity index (χ3v) is 7.15. The first kappa shape index (κ1) is 30.9. The van der Waals surface area contributed by atoms with Crippen molar-refractivity contribution in [3.05, 3.63) is 0 Å². The number of hydrogen-bond acceptors (Lipinski definition) is 9. The summed E-state index contributed by atoms with van der Waals surface area (Å²) in [6, 6.07) is -0.155. The molecule has 2 saturated heterocycles. The van der Waals surface area contributed by atoms with E-state index in [1.165, 1.54) is 0 Å². The fourth-order valence-corrected chi connectivity index (χ4v) is 4.74. The van der Waals surface area contributed by atoms with Crippen molar-refractivity contribution in [3.8, 4) is 0 Å². The normalized spacial score (nSPS) is 30.5. The van der Waals surface area contributed by atoms with Gasteiger partial charge < -0.3 is 44.9 Å². The molecule has 0 spiro atoms. The Bertz CT molecular complexity index is 651. The largest absolute Gasteiger partial charge is 0.394 e. The van der Waals surface area contributed by atoms with Crippen molar-refractivity contribution in [1.29, 1.82) is 0 Å². The molecular formula is C25H46N2O9. The van der Waals surface area contributed by atoms with Crippen LogP contribution in [0.1, 0.15) is 64.7 Å². The van der Waals surface area contributed by atoms with E-state index in [9.17, 15) is 30.0 Å². The van der Waals surface area contributed by atoms with Crippen LogP contribution in [0.2, 0.25) is 0 Å². The first-order chi connectivity index (χ1) is 17.3. The molecule has 0 aromatic rings. The third-order valence-electron chi connectivity index (χ3n) is 7.15. The number of rotatable bonds is 16. The molecule has 11 heteroatoms. The molecule has 0 aromatic heterocycles. The quantitative estimate of drug-likeness (QED) is 0.176. The molecule has 11 nitrogen and oxygen atoms in total. The van der Waals surface area contributed by atoms with Crippen LogP contribution in [0.3, 0.4) is 0 Å². The topological polar surface area (TPSA) is 158 Å². The van der Waals surface area contributed by atoms with Crippen molar-refractivity contribution in [3.63, 3.8) is 0 Å². The summed E-state index contributed by atoms with van der Waals surface area (Å²) in [5, 5.41) is 41.6. The lowest BCUT2D eigenvalue weighted by atomic mass is 9.92. The molecule has 36 heavy (non-hydrogen) atoms. The summed E-state index contributed by atoms with van der Waals surface area (Å²) in [6.07, 6.45) is 2.51. The maximum absolute atomic E-state index is 12.4. The van der Waals surface area contributed by atoms with Crippen LogP contribution in [0.4, 0.5) is 0 Å². The number of nitrogens with zero attached hydrogens (tertiary/aromatic N) is 1. The van der Waals surface area contributed by atoms with Crippen LogP contribution in [-0.4, -0.2) is 114 Å². The van der Waals surface area contributed by atoms with E-state index >= 15 is 0 Å². The van der Waals surface area contributed by atoms with Gasteiger partial charge in [-0.2, -0.15) is 0 Å². The Labute approximate surface area is 214 Å². The summed E-state index contributed by atoms with van der Waals surface area (Å²) in [6.45, 7) is 2.82. The van der Waals surface area contributed by atoms with Crippen LogP contribution in [-0.2, 0) is 23.8 Å². The molecule has 2 heterocycles. The van der Waals surface area contributed by atoms with E-state index in [2.05, 4.69) is 5.32 Å². The second kappa shape index (κ2) is 16.5. The summed E-state index contributed by atoms with van der Waals surface area (Å²) < 4.78 is 16.5. The molecule has 0 aromatic carbocycles. The van der Waals surface area contributed by atoms with E-state index in [1.54, 1.807) is 18.9 Å². The first-order valence-corrected chi connectivity index (χ1v) is 13.3. The molecule has 0 saturated carbocycles. The zero-order chi connectivity index (χ0) is 26.5. The molecule has 2 rings (SSSR count). The zero-order valence-electron chi connectivity index (χ0n) is 21.7. The average Bonchev–Trinajstić information content (AvgIpc) is 3.31. The molecule has 2 aliphatic heterocycles. The number of aliphatic hydroxyl groups excluding tert-OH is 4. The Morgan fingerprint density at radius 1 is 1.00 bits per heavy atom. The number of amides is 2. The number of aliphatic hydroxyl groups is 4. The predicted molar refractivity (Wildman–Crippen MR) is 131 cm³/mol. The second-order valence-electron chi connectivity index (χ2n) is 9.88. The van der Waals surface area contributed by atoms with Gasteiger partial charge in [0.05, 0.1) is 31.5 Å². The summed E-state index contributed by atoms with van der Waals surface area (Å²) in [7, 11) is 1.62. The molecule has 2 aliphatic rings. The van der Waals surface area contributed by atoms with Crippen LogP contribution in [0, 0.1) is 5.92 Å². The summed E-state index contributed by atoms with van der Waals surface area (Å²) >= 11 is 0. The van der Waals surface area contributed by atoms with Crippen LogP contribution < -0.4 is 5.32 Å². The Balaban J connectivity index is 1.45. The van der Waals surface area contributed by atoms with Gasteiger partial charge in [0.15, 0.2) is 6.29 Å². The van der Waals surface area contributed by atoms with E-state index in [-0.39, 0.29) is 30.6 Å². The molecule has 210 valence electrons. The molecule has 0 radical (unpaired) electrons. The highest BCUT2D eigenvalue weighted by Crippen LogP contribution is 2.27. The van der Waals surface area contributed by atoms with Gasteiger partial charge in [-0.05, 0) is 32.1 Å². The molecule has 2 unspecified atom stereocenters. The first-order valence-electron chi connectivity index (χ1n) is 13.3. The highest BCUT2D eigenvalue weighted by molar-refractivity contribution is 5.77. The Kier molecular flexibility index (Phi) is 14.1. The summed E-state index contributed by atoms with van der Waals surface area (Å²) in [5.74, 6) is -0.354. The van der Waals surface area contributed by atoms with Gasteiger partial charge in [0.1, 0.15) is 12.2 Å². The van der Waals surface area contributed by atoms with Crippen LogP contribution in [0.5, 0.6) is 0 Å². The Morgan fingerprint density at radius 3 is 2.42 bits per heavy atom. The Hall–Kier alpha value is -1.34.